The van der Waals surface area contributed by atoms with Crippen molar-refractivity contribution in [2.75, 3.05) is 0 Å². The summed E-state index contributed by atoms with van der Waals surface area (Å²) >= 11 is 3.47. The van der Waals surface area contributed by atoms with Crippen molar-refractivity contribution in [3.8, 4) is 11.5 Å². The van der Waals surface area contributed by atoms with Crippen LogP contribution in [0.5, 0.6) is 11.5 Å². The van der Waals surface area contributed by atoms with Crippen LogP contribution in [0.4, 0.5) is 0 Å². The number of aryl methyl sites for hydroxylation is 1. The third kappa shape index (κ3) is 2.96. The summed E-state index contributed by atoms with van der Waals surface area (Å²) in [6.07, 6.45) is 1.48. The number of carboxylic acid groups (broad SMARTS) is 1. The minimum absolute atomic E-state index is 0.173. The fourth-order valence-corrected chi connectivity index (χ4v) is 2.43. The van der Waals surface area contributed by atoms with Crippen molar-refractivity contribution < 1.29 is 19.4 Å². The van der Waals surface area contributed by atoms with E-state index < -0.39 is 11.8 Å². The average molecular weight is 315 g/mol. The summed E-state index contributed by atoms with van der Waals surface area (Å²) in [5.74, 6) is 0.0250. The molecule has 0 aliphatic carbocycles. The van der Waals surface area contributed by atoms with E-state index in [1.807, 2.05) is 26.0 Å². The summed E-state index contributed by atoms with van der Waals surface area (Å²) in [6.45, 7) is 3.70. The molecule has 0 bridgehead atoms. The Morgan fingerprint density at radius 1 is 1.33 bits per heavy atom. The highest BCUT2D eigenvalue weighted by atomic mass is 79.9. The molecule has 0 unspecified atom stereocenters. The minimum Gasteiger partial charge on any atom is -0.481 e. The summed E-state index contributed by atoms with van der Waals surface area (Å²) in [7, 11) is 0. The number of hydrogen-bond acceptors (Lipinski definition) is 3. The molecule has 5 heteroatoms. The molecule has 1 aliphatic heterocycles. The van der Waals surface area contributed by atoms with Crippen molar-refractivity contribution in [2.24, 2.45) is 0 Å². The molecule has 1 heterocycles. The van der Waals surface area contributed by atoms with E-state index in [4.69, 9.17) is 14.6 Å². The number of rotatable bonds is 4. The molecule has 0 fully saturated rings. The first kappa shape index (κ1) is 13.2. The Morgan fingerprint density at radius 3 is 2.56 bits per heavy atom. The normalized spacial score (nSPS) is 15.7. The highest BCUT2D eigenvalue weighted by Gasteiger charge is 2.32. The van der Waals surface area contributed by atoms with Crippen molar-refractivity contribution in [1.29, 1.82) is 0 Å². The van der Waals surface area contributed by atoms with Crippen molar-refractivity contribution in [2.45, 2.75) is 38.9 Å². The predicted octanol–water partition coefficient (Wildman–Crippen LogP) is 3.36. The van der Waals surface area contributed by atoms with Crippen LogP contribution in [-0.2, 0) is 11.2 Å². The smallest absolute Gasteiger partial charge is 0.303 e. The molecule has 0 amide bonds. The Kier molecular flexibility index (Phi) is 3.52. The lowest BCUT2D eigenvalue weighted by Crippen LogP contribution is -2.29. The molecule has 0 spiro atoms. The number of benzene rings is 1. The summed E-state index contributed by atoms with van der Waals surface area (Å²) in [4.78, 5) is 10.5. The Labute approximate surface area is 114 Å². The molecule has 0 atom stereocenters. The van der Waals surface area contributed by atoms with Crippen LogP contribution in [0, 0.1) is 0 Å². The van der Waals surface area contributed by atoms with Gasteiger partial charge in [0.2, 0.25) is 5.79 Å². The Morgan fingerprint density at radius 2 is 1.94 bits per heavy atom. The first-order valence-corrected chi connectivity index (χ1v) is 6.59. The number of hydrogen-bond donors (Lipinski definition) is 1. The highest BCUT2D eigenvalue weighted by Crippen LogP contribution is 2.42. The maximum Gasteiger partial charge on any atom is 0.303 e. The van der Waals surface area contributed by atoms with Gasteiger partial charge in [-0.25, -0.2) is 0 Å². The van der Waals surface area contributed by atoms with E-state index in [9.17, 15) is 4.79 Å². The van der Waals surface area contributed by atoms with Gasteiger partial charge in [0.1, 0.15) is 0 Å². The van der Waals surface area contributed by atoms with Crippen LogP contribution in [0.15, 0.2) is 16.6 Å². The van der Waals surface area contributed by atoms with Gasteiger partial charge in [-0.15, -0.1) is 0 Å². The third-order valence-corrected chi connectivity index (χ3v) is 3.40. The van der Waals surface area contributed by atoms with Crippen molar-refractivity contribution in [3.05, 3.63) is 22.2 Å². The molecule has 98 valence electrons. The van der Waals surface area contributed by atoms with Gasteiger partial charge in [0.25, 0.3) is 0 Å². The Hall–Kier alpha value is -1.23. The molecule has 18 heavy (non-hydrogen) atoms. The lowest BCUT2D eigenvalue weighted by molar-refractivity contribution is -0.137. The van der Waals surface area contributed by atoms with Gasteiger partial charge >= 0.3 is 5.97 Å². The van der Waals surface area contributed by atoms with Crippen LogP contribution in [0.2, 0.25) is 0 Å². The van der Waals surface area contributed by atoms with Gasteiger partial charge in [-0.2, -0.15) is 0 Å². The molecular formula is C13H15BrO4. The minimum atomic E-state index is -0.770. The van der Waals surface area contributed by atoms with Crippen LogP contribution in [-0.4, -0.2) is 16.9 Å². The zero-order valence-electron chi connectivity index (χ0n) is 10.3. The van der Waals surface area contributed by atoms with Crippen LogP contribution in [0.1, 0.15) is 32.3 Å². The number of fused-ring (bicyclic) bond motifs is 1. The van der Waals surface area contributed by atoms with E-state index in [1.165, 1.54) is 0 Å². The zero-order valence-corrected chi connectivity index (χ0v) is 11.9. The predicted molar refractivity (Wildman–Crippen MR) is 70.1 cm³/mol. The van der Waals surface area contributed by atoms with Gasteiger partial charge in [-0.3, -0.25) is 4.79 Å². The van der Waals surface area contributed by atoms with Gasteiger partial charge < -0.3 is 14.6 Å². The second kappa shape index (κ2) is 4.80. The highest BCUT2D eigenvalue weighted by molar-refractivity contribution is 9.10. The van der Waals surface area contributed by atoms with Gasteiger partial charge in [-0.05, 0) is 30.5 Å². The van der Waals surface area contributed by atoms with Gasteiger partial charge in [0.05, 0.1) is 0 Å². The summed E-state index contributed by atoms with van der Waals surface area (Å²) in [5.41, 5.74) is 1.04. The molecule has 4 nitrogen and oxygen atoms in total. The monoisotopic (exact) mass is 314 g/mol. The van der Waals surface area contributed by atoms with E-state index >= 15 is 0 Å². The van der Waals surface area contributed by atoms with Gasteiger partial charge in [0, 0.05) is 24.7 Å². The van der Waals surface area contributed by atoms with Crippen LogP contribution >= 0.6 is 15.9 Å². The first-order valence-electron chi connectivity index (χ1n) is 5.80. The van der Waals surface area contributed by atoms with Crippen molar-refractivity contribution in [3.63, 3.8) is 0 Å². The van der Waals surface area contributed by atoms with E-state index in [2.05, 4.69) is 15.9 Å². The topological polar surface area (TPSA) is 55.8 Å². The molecule has 0 saturated carbocycles. The fourth-order valence-electron chi connectivity index (χ4n) is 1.91. The lowest BCUT2D eigenvalue weighted by Gasteiger charge is -2.16. The van der Waals surface area contributed by atoms with Crippen LogP contribution < -0.4 is 9.47 Å². The number of halogens is 1. The zero-order chi connectivity index (χ0) is 13.3. The maximum atomic E-state index is 10.5. The Balaban J connectivity index is 2.12. The maximum absolute atomic E-state index is 10.5. The molecule has 1 N–H and O–H groups in total. The van der Waals surface area contributed by atoms with Crippen LogP contribution in [0.25, 0.3) is 0 Å². The van der Waals surface area contributed by atoms with Gasteiger partial charge in [0.15, 0.2) is 11.5 Å². The SMILES string of the molecule is CC1(C)Oc2cc(Br)c(CCCC(=O)O)cc2O1. The molecule has 0 aromatic heterocycles. The largest absolute Gasteiger partial charge is 0.481 e. The van der Waals surface area contributed by atoms with E-state index in [1.54, 1.807) is 0 Å². The van der Waals surface area contributed by atoms with Crippen LogP contribution in [0.3, 0.4) is 0 Å². The summed E-state index contributed by atoms with van der Waals surface area (Å²) < 4.78 is 12.2. The van der Waals surface area contributed by atoms with E-state index in [-0.39, 0.29) is 6.42 Å². The molecule has 1 aromatic rings. The fraction of sp³-hybridized carbons (Fsp3) is 0.462. The quantitative estimate of drug-likeness (QED) is 0.925. The third-order valence-electron chi connectivity index (χ3n) is 2.66. The molecule has 0 saturated heterocycles. The molecule has 1 aliphatic rings. The summed E-state index contributed by atoms with van der Waals surface area (Å²) in [6, 6.07) is 3.79. The molecular weight excluding hydrogens is 300 g/mol. The first-order chi connectivity index (χ1) is 8.37. The summed E-state index contributed by atoms with van der Waals surface area (Å²) in [5, 5.41) is 8.63. The van der Waals surface area contributed by atoms with E-state index in [0.29, 0.717) is 24.3 Å². The van der Waals surface area contributed by atoms with Crippen molar-refractivity contribution in [1.82, 2.24) is 0 Å². The second-order valence-corrected chi connectivity index (χ2v) is 5.60. The van der Waals surface area contributed by atoms with E-state index in [0.717, 1.165) is 10.0 Å². The number of carbonyl (C=O) groups is 1. The lowest BCUT2D eigenvalue weighted by atomic mass is 10.1. The number of carboxylic acids is 1. The molecule has 1 aromatic carbocycles. The average Bonchev–Trinajstić information content (AvgIpc) is 2.51. The molecule has 2 rings (SSSR count). The standard InChI is InChI=1S/C13H15BrO4/c1-13(2)17-10-6-8(4-3-5-12(15)16)9(14)7-11(10)18-13/h6-7H,3-5H2,1-2H3,(H,15,16). The van der Waals surface area contributed by atoms with Gasteiger partial charge in [-0.1, -0.05) is 15.9 Å². The van der Waals surface area contributed by atoms with Crippen molar-refractivity contribution >= 4 is 21.9 Å². The Bertz CT molecular complexity index is 482. The second-order valence-electron chi connectivity index (χ2n) is 4.74. The number of ether oxygens (including phenoxy) is 2. The number of aliphatic carboxylic acids is 1. The molecule has 0 radical (unpaired) electrons.